The van der Waals surface area contributed by atoms with Gasteiger partial charge in [-0.3, -0.25) is 4.79 Å². The number of ether oxygens (including phenoxy) is 5. The van der Waals surface area contributed by atoms with E-state index in [-0.39, 0.29) is 16.9 Å². The summed E-state index contributed by atoms with van der Waals surface area (Å²) in [6.45, 7) is -1.67. The molecular weight excluding hydrogens is 752 g/mol. The molecule has 20 heteroatoms. The monoisotopic (exact) mass is 788 g/mol. The quantitative estimate of drug-likeness (QED) is 0.0519. The molecule has 0 spiro atoms. The van der Waals surface area contributed by atoms with Crippen LogP contribution in [0.15, 0.2) is 63.8 Å². The third-order valence-corrected chi connectivity index (χ3v) is 8.97. The van der Waals surface area contributed by atoms with Crippen LogP contribution in [-0.2, 0) is 23.7 Å². The highest BCUT2D eigenvalue weighted by molar-refractivity contribution is 5.88. The van der Waals surface area contributed by atoms with Crippen LogP contribution < -0.4 is 10.2 Å². The Kier molecular flexibility index (Phi) is 11.6. The molecule has 0 unspecified atom stereocenters. The third kappa shape index (κ3) is 8.00. The summed E-state index contributed by atoms with van der Waals surface area (Å²) >= 11 is 0. The largest absolute Gasteiger partial charge is 0.508 e. The maximum Gasteiger partial charge on any atom is 0.330 e. The predicted octanol–water partition coefficient (Wildman–Crippen LogP) is -1.04. The zero-order valence-electron chi connectivity index (χ0n) is 28.6. The van der Waals surface area contributed by atoms with Crippen molar-refractivity contribution in [1.29, 1.82) is 0 Å². The number of aliphatic hydroxyl groups excluding tert-OH is 6. The van der Waals surface area contributed by atoms with Crippen LogP contribution >= 0.6 is 0 Å². The van der Waals surface area contributed by atoms with Gasteiger partial charge in [-0.1, -0.05) is 6.07 Å². The number of hydrogen-bond donors (Lipinski definition) is 12. The van der Waals surface area contributed by atoms with Crippen molar-refractivity contribution in [3.8, 4) is 51.6 Å². The molecule has 3 aromatic carbocycles. The van der Waals surface area contributed by atoms with Crippen molar-refractivity contribution in [3.05, 3.63) is 70.4 Å². The number of benzene rings is 3. The van der Waals surface area contributed by atoms with Crippen LogP contribution in [-0.4, -0.2) is 142 Å². The standard InChI is InChI=1S/C36H36O20/c37-11-22-27(46)33(55-35-30(49)29(48)26(45)23(54-35)12-51-24(44)6-2-13-1-4-16(39)18(41)7-13)31(50)36(53-22)56-34-28(47)25-20(43)9-15(38)10-21(25)52-32(34)14-3-5-17(40)19(42)8-14/h1-10,22-23,26-27,29-31,33,35-43,45-46,48-50H,11-12H2/b6-2+/t22-,23-,26-,27-,29+,30-,31-,33+,35+,36+/m1/s1. The summed E-state index contributed by atoms with van der Waals surface area (Å²) in [5.41, 5.74) is -1.23. The van der Waals surface area contributed by atoms with Gasteiger partial charge in [-0.15, -0.1) is 0 Å². The lowest BCUT2D eigenvalue weighted by Gasteiger charge is -2.45. The van der Waals surface area contributed by atoms with Gasteiger partial charge in [-0.2, -0.15) is 0 Å². The number of hydrogen-bond acceptors (Lipinski definition) is 20. The molecule has 0 saturated carbocycles. The first-order chi connectivity index (χ1) is 26.6. The second-order valence-electron chi connectivity index (χ2n) is 12.8. The summed E-state index contributed by atoms with van der Waals surface area (Å²) in [6.07, 6.45) is -16.9. The Hall–Kier alpha value is -5.68. The van der Waals surface area contributed by atoms with Crippen molar-refractivity contribution in [2.75, 3.05) is 13.2 Å². The molecule has 300 valence electrons. The first-order valence-corrected chi connectivity index (χ1v) is 16.6. The van der Waals surface area contributed by atoms with E-state index in [0.717, 1.165) is 36.4 Å². The highest BCUT2D eigenvalue weighted by atomic mass is 16.7. The molecule has 0 bridgehead atoms. The van der Waals surface area contributed by atoms with Crippen molar-refractivity contribution < 1.29 is 94.2 Å². The van der Waals surface area contributed by atoms with E-state index >= 15 is 0 Å². The molecule has 6 rings (SSSR count). The predicted molar refractivity (Wildman–Crippen MR) is 184 cm³/mol. The van der Waals surface area contributed by atoms with Crippen molar-refractivity contribution in [3.63, 3.8) is 0 Å². The molecule has 56 heavy (non-hydrogen) atoms. The first kappa shape index (κ1) is 40.0. The minimum Gasteiger partial charge on any atom is -0.508 e. The Morgan fingerprint density at radius 1 is 0.714 bits per heavy atom. The summed E-state index contributed by atoms with van der Waals surface area (Å²) in [5, 5.41) is 123. The lowest BCUT2D eigenvalue weighted by molar-refractivity contribution is -0.353. The Bertz CT molecular complexity index is 2170. The van der Waals surface area contributed by atoms with E-state index in [1.807, 2.05) is 0 Å². The highest BCUT2D eigenvalue weighted by Crippen LogP contribution is 2.40. The fourth-order valence-electron chi connectivity index (χ4n) is 6.00. The number of carbonyl (C=O) groups is 1. The second kappa shape index (κ2) is 16.2. The smallest absolute Gasteiger partial charge is 0.330 e. The van der Waals surface area contributed by atoms with Gasteiger partial charge in [0.2, 0.25) is 17.5 Å². The maximum atomic E-state index is 13.8. The van der Waals surface area contributed by atoms with E-state index in [9.17, 15) is 70.9 Å². The minimum absolute atomic E-state index is 0.0952. The van der Waals surface area contributed by atoms with Crippen molar-refractivity contribution >= 4 is 23.0 Å². The second-order valence-corrected chi connectivity index (χ2v) is 12.8. The summed E-state index contributed by atoms with van der Waals surface area (Å²) in [7, 11) is 0. The van der Waals surface area contributed by atoms with Gasteiger partial charge in [0, 0.05) is 23.8 Å². The Balaban J connectivity index is 1.24. The zero-order valence-corrected chi connectivity index (χ0v) is 28.6. The van der Waals surface area contributed by atoms with Gasteiger partial charge in [0.25, 0.3) is 0 Å². The normalized spacial score (nSPS) is 28.0. The number of aromatic hydroxyl groups is 6. The van der Waals surface area contributed by atoms with E-state index in [0.29, 0.717) is 5.56 Å². The Morgan fingerprint density at radius 3 is 2.07 bits per heavy atom. The summed E-state index contributed by atoms with van der Waals surface area (Å²) in [5.74, 6) is -5.49. The Labute approximate surface area is 313 Å². The molecule has 0 amide bonds. The fourth-order valence-corrected chi connectivity index (χ4v) is 6.00. The number of esters is 1. The van der Waals surface area contributed by atoms with Gasteiger partial charge in [0.05, 0.1) is 6.61 Å². The van der Waals surface area contributed by atoms with E-state index in [1.165, 1.54) is 24.3 Å². The van der Waals surface area contributed by atoms with Gasteiger partial charge < -0.3 is 89.4 Å². The molecule has 2 aliphatic heterocycles. The number of phenols is 6. The first-order valence-electron chi connectivity index (χ1n) is 16.6. The third-order valence-electron chi connectivity index (χ3n) is 8.97. The molecule has 4 aromatic rings. The van der Waals surface area contributed by atoms with Crippen LogP contribution in [0, 0.1) is 0 Å². The average Bonchev–Trinajstić information content (AvgIpc) is 3.15. The van der Waals surface area contributed by atoms with E-state index < -0.39 is 132 Å². The lowest BCUT2D eigenvalue weighted by atomic mass is 9.97. The summed E-state index contributed by atoms with van der Waals surface area (Å²) < 4.78 is 33.4. The van der Waals surface area contributed by atoms with Gasteiger partial charge in [-0.25, -0.2) is 4.79 Å². The van der Waals surface area contributed by atoms with Gasteiger partial charge in [0.1, 0.15) is 77.9 Å². The molecule has 1 aromatic heterocycles. The van der Waals surface area contributed by atoms with Crippen molar-refractivity contribution in [1.82, 2.24) is 0 Å². The van der Waals surface area contributed by atoms with E-state index in [1.54, 1.807) is 0 Å². The zero-order chi connectivity index (χ0) is 40.6. The molecule has 0 radical (unpaired) electrons. The summed E-state index contributed by atoms with van der Waals surface area (Å²) in [4.78, 5) is 26.2. The fraction of sp³-hybridized carbons (Fsp3) is 0.333. The molecule has 2 fully saturated rings. The maximum absolute atomic E-state index is 13.8. The number of aliphatic hydroxyl groups is 6. The highest BCUT2D eigenvalue weighted by Gasteiger charge is 2.52. The molecule has 2 saturated heterocycles. The van der Waals surface area contributed by atoms with Crippen LogP contribution in [0.4, 0.5) is 0 Å². The molecule has 2 aliphatic rings. The topological polar surface area (TPSA) is 336 Å². The van der Waals surface area contributed by atoms with Crippen LogP contribution in [0.2, 0.25) is 0 Å². The molecule has 3 heterocycles. The number of phenolic OH excluding ortho intramolecular Hbond substituents is 6. The van der Waals surface area contributed by atoms with Gasteiger partial charge in [-0.05, 0) is 42.0 Å². The summed E-state index contributed by atoms with van der Waals surface area (Å²) in [6, 6.07) is 8.78. The molecule has 0 aliphatic carbocycles. The van der Waals surface area contributed by atoms with E-state index in [2.05, 4.69) is 0 Å². The van der Waals surface area contributed by atoms with Crippen molar-refractivity contribution in [2.45, 2.75) is 61.4 Å². The average molecular weight is 789 g/mol. The van der Waals surface area contributed by atoms with Crippen LogP contribution in [0.5, 0.6) is 40.2 Å². The van der Waals surface area contributed by atoms with Gasteiger partial charge >= 0.3 is 5.97 Å². The van der Waals surface area contributed by atoms with Crippen LogP contribution in [0.1, 0.15) is 5.56 Å². The van der Waals surface area contributed by atoms with E-state index in [4.69, 9.17) is 28.1 Å². The number of rotatable bonds is 10. The molecule has 10 atom stereocenters. The molecule has 12 N–H and O–H groups in total. The van der Waals surface area contributed by atoms with Crippen LogP contribution in [0.25, 0.3) is 28.4 Å². The van der Waals surface area contributed by atoms with Gasteiger partial charge in [0.15, 0.2) is 35.0 Å². The Morgan fingerprint density at radius 2 is 1.39 bits per heavy atom. The lowest BCUT2D eigenvalue weighted by Crippen LogP contribution is -2.65. The molecule has 20 nitrogen and oxygen atoms in total. The number of carbonyl (C=O) groups excluding carboxylic acids is 1. The van der Waals surface area contributed by atoms with Crippen molar-refractivity contribution in [2.24, 2.45) is 0 Å². The molecular formula is C36H36O20. The van der Waals surface area contributed by atoms with Crippen LogP contribution in [0.3, 0.4) is 0 Å². The SMILES string of the molecule is O=C(/C=C/c1ccc(O)c(O)c1)OC[C@H]1O[C@@H](O[C@@H]2[C@@H](O)[C@H](Oc3c(-c4ccc(O)c(O)c4)oc4cc(O)cc(O)c4c3=O)O[C@H](CO)[C@H]2O)[C@H](O)[C@@H](O)[C@@H]1O. The minimum atomic E-state index is -2.13. The number of fused-ring (bicyclic) bond motifs is 1.